The molecule has 1 fully saturated rings. The highest BCUT2D eigenvalue weighted by molar-refractivity contribution is 7.99. The van der Waals surface area contributed by atoms with Crippen molar-refractivity contribution in [3.05, 3.63) is 65.7 Å². The molecular formula is C22H24F2N2O3S. The van der Waals surface area contributed by atoms with Crippen LogP contribution < -0.4 is 0 Å². The third-order valence-corrected chi connectivity index (χ3v) is 6.23. The Hall–Kier alpha value is -2.45. The fourth-order valence-corrected chi connectivity index (χ4v) is 4.22. The predicted octanol–water partition coefficient (Wildman–Crippen LogP) is 3.18. The van der Waals surface area contributed by atoms with Crippen molar-refractivity contribution in [3.8, 4) is 0 Å². The average molecular weight is 435 g/mol. The highest BCUT2D eigenvalue weighted by Gasteiger charge is 2.35. The van der Waals surface area contributed by atoms with Gasteiger partial charge in [0.25, 0.3) is 11.8 Å². The molecule has 160 valence electrons. The van der Waals surface area contributed by atoms with Crippen LogP contribution in [0.25, 0.3) is 0 Å². The molecular weight excluding hydrogens is 410 g/mol. The summed E-state index contributed by atoms with van der Waals surface area (Å²) in [5.41, 5.74) is -1.22. The standard InChI is InChI=1S/C22H24F2N2O3S/c1-22(29,15-30-19-5-2-4-18(24)14-19)21(28)26-11-3-10-25(12-13-26)20(27)16-6-8-17(23)9-7-16/h2,4-9,14,29H,3,10-13,15H2,1H3. The van der Waals surface area contributed by atoms with Crippen molar-refractivity contribution in [1.82, 2.24) is 9.80 Å². The molecule has 1 N–H and O–H groups in total. The maximum atomic E-state index is 13.3. The van der Waals surface area contributed by atoms with Gasteiger partial charge in [0.2, 0.25) is 0 Å². The lowest BCUT2D eigenvalue weighted by Gasteiger charge is -2.30. The van der Waals surface area contributed by atoms with Gasteiger partial charge in [0.05, 0.1) is 0 Å². The lowest BCUT2D eigenvalue weighted by atomic mass is 10.1. The molecule has 2 aromatic carbocycles. The molecule has 1 saturated heterocycles. The van der Waals surface area contributed by atoms with E-state index in [-0.39, 0.29) is 17.5 Å². The monoisotopic (exact) mass is 434 g/mol. The summed E-state index contributed by atoms with van der Waals surface area (Å²) in [5, 5.41) is 10.7. The van der Waals surface area contributed by atoms with E-state index in [2.05, 4.69) is 0 Å². The van der Waals surface area contributed by atoms with E-state index in [1.807, 2.05) is 0 Å². The largest absolute Gasteiger partial charge is 0.379 e. The van der Waals surface area contributed by atoms with Crippen LogP contribution in [0.2, 0.25) is 0 Å². The van der Waals surface area contributed by atoms with Gasteiger partial charge in [-0.2, -0.15) is 0 Å². The molecule has 1 heterocycles. The fraction of sp³-hybridized carbons (Fsp3) is 0.364. The Morgan fingerprint density at radius 3 is 2.37 bits per heavy atom. The summed E-state index contributed by atoms with van der Waals surface area (Å²) >= 11 is 1.21. The van der Waals surface area contributed by atoms with Crippen LogP contribution in [-0.4, -0.2) is 64.3 Å². The van der Waals surface area contributed by atoms with Gasteiger partial charge in [0.15, 0.2) is 0 Å². The maximum Gasteiger partial charge on any atom is 0.255 e. The van der Waals surface area contributed by atoms with Gasteiger partial charge in [-0.3, -0.25) is 9.59 Å². The van der Waals surface area contributed by atoms with Gasteiger partial charge >= 0.3 is 0 Å². The average Bonchev–Trinajstić information content (AvgIpc) is 2.98. The number of carbonyl (C=O) groups excluding carboxylic acids is 2. The molecule has 0 aromatic heterocycles. The topological polar surface area (TPSA) is 60.9 Å². The first-order valence-electron chi connectivity index (χ1n) is 9.71. The fourth-order valence-electron chi connectivity index (χ4n) is 3.28. The molecule has 0 aliphatic carbocycles. The number of hydrogen-bond acceptors (Lipinski definition) is 4. The molecule has 2 amide bonds. The molecule has 2 aromatic rings. The number of hydrogen-bond donors (Lipinski definition) is 1. The first kappa shape index (κ1) is 22.2. The van der Waals surface area contributed by atoms with Gasteiger partial charge < -0.3 is 14.9 Å². The van der Waals surface area contributed by atoms with Crippen LogP contribution in [0.1, 0.15) is 23.7 Å². The van der Waals surface area contributed by atoms with Crippen LogP contribution in [0.4, 0.5) is 8.78 Å². The van der Waals surface area contributed by atoms with Crippen molar-refractivity contribution >= 4 is 23.6 Å². The van der Waals surface area contributed by atoms with Crippen molar-refractivity contribution in [2.24, 2.45) is 0 Å². The summed E-state index contributed by atoms with van der Waals surface area (Å²) in [6.45, 7) is 2.97. The van der Waals surface area contributed by atoms with Gasteiger partial charge in [-0.05, 0) is 55.8 Å². The molecule has 0 saturated carbocycles. The van der Waals surface area contributed by atoms with E-state index >= 15 is 0 Å². The normalized spacial score (nSPS) is 16.7. The summed E-state index contributed by atoms with van der Waals surface area (Å²) in [7, 11) is 0. The molecule has 1 aliphatic rings. The first-order chi connectivity index (χ1) is 14.3. The smallest absolute Gasteiger partial charge is 0.255 e. The zero-order chi connectivity index (χ0) is 21.7. The quantitative estimate of drug-likeness (QED) is 0.735. The van der Waals surface area contributed by atoms with Crippen LogP contribution in [0.15, 0.2) is 53.4 Å². The molecule has 0 radical (unpaired) electrons. The maximum absolute atomic E-state index is 13.3. The van der Waals surface area contributed by atoms with Crippen molar-refractivity contribution in [2.75, 3.05) is 31.9 Å². The second kappa shape index (κ2) is 9.57. The first-order valence-corrected chi connectivity index (χ1v) is 10.7. The number of halogens is 2. The van der Waals surface area contributed by atoms with Crippen molar-refractivity contribution in [1.29, 1.82) is 0 Å². The molecule has 0 bridgehead atoms. The van der Waals surface area contributed by atoms with Crippen LogP contribution in [0, 0.1) is 11.6 Å². The van der Waals surface area contributed by atoms with Crippen molar-refractivity contribution in [2.45, 2.75) is 23.8 Å². The Labute approximate surface area is 178 Å². The number of aliphatic hydroxyl groups is 1. The molecule has 1 aliphatic heterocycles. The van der Waals surface area contributed by atoms with Crippen LogP contribution in [-0.2, 0) is 4.79 Å². The molecule has 1 unspecified atom stereocenters. The van der Waals surface area contributed by atoms with E-state index in [1.165, 1.54) is 55.1 Å². The number of nitrogens with zero attached hydrogens (tertiary/aromatic N) is 2. The van der Waals surface area contributed by atoms with Gasteiger partial charge in [-0.15, -0.1) is 11.8 Å². The van der Waals surface area contributed by atoms with Crippen molar-refractivity contribution < 1.29 is 23.5 Å². The van der Waals surface area contributed by atoms with Gasteiger partial charge in [0, 0.05) is 42.4 Å². The van der Waals surface area contributed by atoms with Gasteiger partial charge in [-0.1, -0.05) is 6.07 Å². The Balaban J connectivity index is 1.58. The van der Waals surface area contributed by atoms with E-state index in [4.69, 9.17) is 0 Å². The third kappa shape index (κ3) is 5.58. The molecule has 8 heteroatoms. The van der Waals surface area contributed by atoms with Crippen LogP contribution in [0.3, 0.4) is 0 Å². The molecule has 0 spiro atoms. The number of carbonyl (C=O) groups is 2. The lowest BCUT2D eigenvalue weighted by Crippen LogP contribution is -2.50. The predicted molar refractivity (Wildman–Crippen MR) is 111 cm³/mol. The number of rotatable bonds is 5. The molecule has 30 heavy (non-hydrogen) atoms. The highest BCUT2D eigenvalue weighted by Crippen LogP contribution is 2.25. The summed E-state index contributed by atoms with van der Waals surface area (Å²) in [6.07, 6.45) is 0.575. The minimum absolute atomic E-state index is 0.0873. The molecule has 5 nitrogen and oxygen atoms in total. The molecule has 3 rings (SSSR count). The van der Waals surface area contributed by atoms with Crippen molar-refractivity contribution in [3.63, 3.8) is 0 Å². The van der Waals surface area contributed by atoms with Gasteiger partial charge in [-0.25, -0.2) is 8.78 Å². The summed E-state index contributed by atoms with van der Waals surface area (Å²) in [6, 6.07) is 11.4. The van der Waals surface area contributed by atoms with Gasteiger partial charge in [0.1, 0.15) is 17.2 Å². The second-order valence-electron chi connectivity index (χ2n) is 7.46. The van der Waals surface area contributed by atoms with E-state index in [0.29, 0.717) is 43.1 Å². The summed E-state index contributed by atoms with van der Waals surface area (Å²) in [4.78, 5) is 29.4. The summed E-state index contributed by atoms with van der Waals surface area (Å²) in [5.74, 6) is -1.31. The minimum atomic E-state index is -1.62. The SMILES string of the molecule is CC(O)(CSc1cccc(F)c1)C(=O)N1CCCN(C(=O)c2ccc(F)cc2)CC1. The third-order valence-electron chi connectivity index (χ3n) is 4.94. The zero-order valence-electron chi connectivity index (χ0n) is 16.7. The number of thioether (sulfide) groups is 1. The van der Waals surface area contributed by atoms with E-state index in [0.717, 1.165) is 0 Å². The number of benzene rings is 2. The van der Waals surface area contributed by atoms with E-state index in [1.54, 1.807) is 21.9 Å². The van der Waals surface area contributed by atoms with Crippen LogP contribution >= 0.6 is 11.8 Å². The molecule has 1 atom stereocenters. The lowest BCUT2D eigenvalue weighted by molar-refractivity contribution is -0.147. The highest BCUT2D eigenvalue weighted by atomic mass is 32.2. The van der Waals surface area contributed by atoms with Crippen LogP contribution in [0.5, 0.6) is 0 Å². The Bertz CT molecular complexity index is 906. The minimum Gasteiger partial charge on any atom is -0.379 e. The Kier molecular flexibility index (Phi) is 7.10. The number of amides is 2. The Morgan fingerprint density at radius 1 is 1.00 bits per heavy atom. The summed E-state index contributed by atoms with van der Waals surface area (Å²) < 4.78 is 26.4. The second-order valence-corrected chi connectivity index (χ2v) is 8.51. The van der Waals surface area contributed by atoms with E-state index < -0.39 is 17.3 Å². The Morgan fingerprint density at radius 2 is 1.67 bits per heavy atom. The van der Waals surface area contributed by atoms with E-state index in [9.17, 15) is 23.5 Å². The zero-order valence-corrected chi connectivity index (χ0v) is 17.5.